The third-order valence-electron chi connectivity index (χ3n) is 6.43. The molecule has 7 nitrogen and oxygen atoms in total. The second-order valence-corrected chi connectivity index (χ2v) is 8.45. The van der Waals surface area contributed by atoms with E-state index in [1.807, 2.05) is 40.6 Å². The van der Waals surface area contributed by atoms with E-state index in [1.165, 1.54) is 5.56 Å². The van der Waals surface area contributed by atoms with Gasteiger partial charge in [-0.1, -0.05) is 19.1 Å². The smallest absolute Gasteiger partial charge is 0.248 e. The zero-order chi connectivity index (χ0) is 22.8. The molecule has 0 radical (unpaired) electrons. The Bertz CT molecular complexity index is 1330. The average molecular weight is 442 g/mol. The van der Waals surface area contributed by atoms with Gasteiger partial charge in [0, 0.05) is 55.4 Å². The number of aromatic nitrogens is 3. The van der Waals surface area contributed by atoms with Crippen molar-refractivity contribution in [2.24, 2.45) is 0 Å². The van der Waals surface area contributed by atoms with Crippen molar-refractivity contribution in [3.8, 4) is 11.3 Å². The number of nitrogens with zero attached hydrogens (tertiary/aromatic N) is 3. The van der Waals surface area contributed by atoms with Crippen LogP contribution in [0.3, 0.4) is 0 Å². The first-order valence-electron chi connectivity index (χ1n) is 11.4. The molecule has 168 valence electrons. The number of hydrogen-bond donors (Lipinski definition) is 2. The minimum absolute atomic E-state index is 0.134. The van der Waals surface area contributed by atoms with Gasteiger partial charge in [-0.15, -0.1) is 0 Å². The molecule has 1 amide bonds. The highest BCUT2D eigenvalue weighted by molar-refractivity contribution is 5.78. The number of carbonyl (C=O) groups excluding carboxylic acids is 1. The number of likely N-dealkylation sites (tertiary alicyclic amines) is 1. The maximum atomic E-state index is 11.9. The van der Waals surface area contributed by atoms with E-state index in [2.05, 4.69) is 39.6 Å². The molecule has 1 aromatic carbocycles. The Kier molecular flexibility index (Phi) is 5.69. The number of rotatable bonds is 5. The Balaban J connectivity index is 1.33. The first-order valence-corrected chi connectivity index (χ1v) is 11.4. The Hall–Kier alpha value is -3.87. The molecular formula is C26H27N5O2. The number of imidazole rings is 1. The van der Waals surface area contributed by atoms with Crippen LogP contribution in [0.25, 0.3) is 16.9 Å². The van der Waals surface area contributed by atoms with Crippen LogP contribution in [0.5, 0.6) is 0 Å². The second kappa shape index (κ2) is 8.94. The fourth-order valence-corrected chi connectivity index (χ4v) is 4.63. The molecule has 3 aromatic heterocycles. The summed E-state index contributed by atoms with van der Waals surface area (Å²) in [5.41, 5.74) is 5.61. The van der Waals surface area contributed by atoms with Crippen molar-refractivity contribution in [2.45, 2.75) is 32.1 Å². The molecule has 4 heterocycles. The zero-order valence-electron chi connectivity index (χ0n) is 18.6. The molecule has 0 saturated carbocycles. The van der Waals surface area contributed by atoms with E-state index < -0.39 is 0 Å². The van der Waals surface area contributed by atoms with Crippen LogP contribution >= 0.6 is 0 Å². The molecule has 0 spiro atoms. The molecule has 0 atom stereocenters. The summed E-state index contributed by atoms with van der Waals surface area (Å²) in [6.07, 6.45) is 7.92. The quantitative estimate of drug-likeness (QED) is 0.476. The fourth-order valence-electron chi connectivity index (χ4n) is 4.63. The van der Waals surface area contributed by atoms with Crippen molar-refractivity contribution in [3.05, 3.63) is 83.0 Å². The van der Waals surface area contributed by atoms with E-state index in [-0.39, 0.29) is 11.5 Å². The number of benzene rings is 1. The molecule has 7 heteroatoms. The lowest BCUT2D eigenvalue weighted by molar-refractivity contribution is -0.131. The lowest BCUT2D eigenvalue weighted by Crippen LogP contribution is -2.37. The van der Waals surface area contributed by atoms with Gasteiger partial charge in [0.15, 0.2) is 5.65 Å². The van der Waals surface area contributed by atoms with Crippen molar-refractivity contribution >= 4 is 22.9 Å². The van der Waals surface area contributed by atoms with Gasteiger partial charge < -0.3 is 15.2 Å². The molecule has 5 rings (SSSR count). The predicted molar refractivity (Wildman–Crippen MR) is 130 cm³/mol. The number of fused-ring (bicyclic) bond motifs is 1. The van der Waals surface area contributed by atoms with Gasteiger partial charge in [-0.3, -0.25) is 14.0 Å². The average Bonchev–Trinajstić information content (AvgIpc) is 3.35. The number of aromatic amines is 1. The van der Waals surface area contributed by atoms with Gasteiger partial charge in [0.1, 0.15) is 0 Å². The van der Waals surface area contributed by atoms with Crippen LogP contribution in [-0.2, 0) is 4.79 Å². The van der Waals surface area contributed by atoms with Crippen LogP contribution in [0.1, 0.15) is 37.7 Å². The van der Waals surface area contributed by atoms with E-state index in [1.54, 1.807) is 18.5 Å². The summed E-state index contributed by atoms with van der Waals surface area (Å²) >= 11 is 0. The molecule has 1 fully saturated rings. The standard InChI is InChI=1S/C26H27N5O2/c1-2-25(33)30-14-10-19(11-15-30)18-3-5-21(6-4-18)29-22-7-8-23(31-16-13-28-26(22)31)20-9-12-27-24(32)17-20/h3-9,12-13,16-17,19,29H,2,10-11,14-15H2,1H3,(H,27,32). The first kappa shape index (κ1) is 21.0. The van der Waals surface area contributed by atoms with Gasteiger partial charge >= 0.3 is 0 Å². The first-order chi connectivity index (χ1) is 16.1. The minimum atomic E-state index is -0.134. The number of carbonyl (C=O) groups is 1. The van der Waals surface area contributed by atoms with Crippen LogP contribution in [0.15, 0.2) is 71.9 Å². The summed E-state index contributed by atoms with van der Waals surface area (Å²) in [5.74, 6) is 0.746. The highest BCUT2D eigenvalue weighted by Gasteiger charge is 2.22. The van der Waals surface area contributed by atoms with Gasteiger partial charge in [-0.25, -0.2) is 4.98 Å². The van der Waals surface area contributed by atoms with Gasteiger partial charge in [0.25, 0.3) is 0 Å². The molecule has 1 saturated heterocycles. The summed E-state index contributed by atoms with van der Waals surface area (Å²) < 4.78 is 1.98. The van der Waals surface area contributed by atoms with E-state index in [0.717, 1.165) is 54.2 Å². The van der Waals surface area contributed by atoms with E-state index in [4.69, 9.17) is 0 Å². The van der Waals surface area contributed by atoms with Crippen molar-refractivity contribution in [1.29, 1.82) is 0 Å². The van der Waals surface area contributed by atoms with Gasteiger partial charge in [-0.2, -0.15) is 0 Å². The number of pyridine rings is 2. The largest absolute Gasteiger partial charge is 0.352 e. The normalized spacial score (nSPS) is 14.5. The fraction of sp³-hybridized carbons (Fsp3) is 0.269. The maximum Gasteiger partial charge on any atom is 0.248 e. The molecule has 1 aliphatic heterocycles. The maximum absolute atomic E-state index is 11.9. The zero-order valence-corrected chi connectivity index (χ0v) is 18.6. The lowest BCUT2D eigenvalue weighted by atomic mass is 9.89. The molecule has 33 heavy (non-hydrogen) atoms. The number of nitrogens with one attached hydrogen (secondary N) is 2. The second-order valence-electron chi connectivity index (χ2n) is 8.45. The van der Waals surface area contributed by atoms with Crippen LogP contribution in [0.2, 0.25) is 0 Å². The molecule has 0 unspecified atom stereocenters. The summed E-state index contributed by atoms with van der Waals surface area (Å²) in [6, 6.07) is 16.0. The molecule has 1 aliphatic rings. The summed E-state index contributed by atoms with van der Waals surface area (Å²) in [4.78, 5) is 32.8. The molecular weight excluding hydrogens is 414 g/mol. The molecule has 0 bridgehead atoms. The molecule has 0 aliphatic carbocycles. The van der Waals surface area contributed by atoms with Crippen molar-refractivity contribution in [3.63, 3.8) is 0 Å². The van der Waals surface area contributed by atoms with Crippen LogP contribution in [0.4, 0.5) is 11.4 Å². The highest BCUT2D eigenvalue weighted by Crippen LogP contribution is 2.31. The topological polar surface area (TPSA) is 82.5 Å². The number of piperidine rings is 1. The van der Waals surface area contributed by atoms with Gasteiger partial charge in [0.05, 0.1) is 11.4 Å². The van der Waals surface area contributed by atoms with Crippen LogP contribution in [-0.4, -0.2) is 38.3 Å². The summed E-state index contributed by atoms with van der Waals surface area (Å²) in [6.45, 7) is 3.61. The minimum Gasteiger partial charge on any atom is -0.352 e. The van der Waals surface area contributed by atoms with Crippen LogP contribution in [0, 0.1) is 0 Å². The monoisotopic (exact) mass is 441 g/mol. The Labute approximate surface area is 192 Å². The number of H-pyrrole nitrogens is 1. The Morgan fingerprint density at radius 2 is 1.91 bits per heavy atom. The van der Waals surface area contributed by atoms with Gasteiger partial charge in [-0.05, 0) is 54.7 Å². The number of amides is 1. The lowest BCUT2D eigenvalue weighted by Gasteiger charge is -2.32. The number of hydrogen-bond acceptors (Lipinski definition) is 4. The van der Waals surface area contributed by atoms with Gasteiger partial charge in [0.2, 0.25) is 11.5 Å². The van der Waals surface area contributed by atoms with Crippen molar-refractivity contribution in [1.82, 2.24) is 19.3 Å². The van der Waals surface area contributed by atoms with Crippen LogP contribution < -0.4 is 10.9 Å². The molecule has 2 N–H and O–H groups in total. The Morgan fingerprint density at radius 3 is 2.64 bits per heavy atom. The van der Waals surface area contributed by atoms with Crippen molar-refractivity contribution < 1.29 is 4.79 Å². The third kappa shape index (κ3) is 4.26. The Morgan fingerprint density at radius 1 is 1.12 bits per heavy atom. The summed E-state index contributed by atoms with van der Waals surface area (Å²) in [7, 11) is 0. The highest BCUT2D eigenvalue weighted by atomic mass is 16.2. The van der Waals surface area contributed by atoms with E-state index >= 15 is 0 Å². The number of anilines is 2. The van der Waals surface area contributed by atoms with E-state index in [0.29, 0.717) is 12.3 Å². The van der Waals surface area contributed by atoms with E-state index in [9.17, 15) is 9.59 Å². The SMILES string of the molecule is CCC(=O)N1CCC(c2ccc(Nc3ccc(-c4cc[nH]c(=O)c4)n4ccnc34)cc2)CC1. The summed E-state index contributed by atoms with van der Waals surface area (Å²) in [5, 5.41) is 3.48. The molecule has 4 aromatic rings. The predicted octanol–water partition coefficient (Wildman–Crippen LogP) is 4.55. The third-order valence-corrected chi connectivity index (χ3v) is 6.43. The van der Waals surface area contributed by atoms with Crippen molar-refractivity contribution in [2.75, 3.05) is 18.4 Å².